The van der Waals surface area contributed by atoms with Gasteiger partial charge in [0.1, 0.15) is 5.75 Å². The molecule has 0 N–H and O–H groups in total. The maximum atomic E-state index is 13.0. The summed E-state index contributed by atoms with van der Waals surface area (Å²) in [6.07, 6.45) is -0.495. The summed E-state index contributed by atoms with van der Waals surface area (Å²) in [6, 6.07) is 4.44. The van der Waals surface area contributed by atoms with Gasteiger partial charge < -0.3 is 4.74 Å². The number of rotatable bonds is 1. The smallest absolute Gasteiger partial charge is 0.313 e. The Hall–Kier alpha value is -1.45. The first-order valence-corrected chi connectivity index (χ1v) is 4.14. The van der Waals surface area contributed by atoms with Gasteiger partial charge in [0.15, 0.2) is 0 Å². The number of ketones is 1. The number of halogens is 2. The monoisotopic (exact) mass is 198 g/mol. The number of carbonyl (C=O) groups excluding carboxylic acids is 1. The molecule has 1 aliphatic carbocycles. The molecule has 0 saturated carbocycles. The van der Waals surface area contributed by atoms with Crippen molar-refractivity contribution in [3.8, 4) is 5.75 Å². The summed E-state index contributed by atoms with van der Waals surface area (Å²) in [6.45, 7) is 0. The van der Waals surface area contributed by atoms with Crippen LogP contribution < -0.4 is 4.74 Å². The fourth-order valence-corrected chi connectivity index (χ4v) is 1.56. The fourth-order valence-electron chi connectivity index (χ4n) is 1.56. The van der Waals surface area contributed by atoms with E-state index >= 15 is 0 Å². The van der Waals surface area contributed by atoms with E-state index in [1.165, 1.54) is 19.2 Å². The molecule has 0 radical (unpaired) electrons. The minimum absolute atomic E-state index is 0.0781. The molecule has 0 amide bonds. The van der Waals surface area contributed by atoms with Crippen LogP contribution in [0.15, 0.2) is 18.2 Å². The summed E-state index contributed by atoms with van der Waals surface area (Å²) in [5, 5.41) is 0. The predicted molar refractivity (Wildman–Crippen MR) is 46.0 cm³/mol. The van der Waals surface area contributed by atoms with Gasteiger partial charge >= 0.3 is 5.92 Å². The lowest BCUT2D eigenvalue weighted by Gasteiger charge is -2.03. The minimum Gasteiger partial charge on any atom is -0.497 e. The van der Waals surface area contributed by atoms with Crippen LogP contribution in [0.25, 0.3) is 0 Å². The molecule has 0 aromatic heterocycles. The Morgan fingerprint density at radius 1 is 1.43 bits per heavy atom. The van der Waals surface area contributed by atoms with Crippen LogP contribution in [0.1, 0.15) is 15.9 Å². The van der Waals surface area contributed by atoms with E-state index in [2.05, 4.69) is 0 Å². The van der Waals surface area contributed by atoms with Crippen LogP contribution in [0.3, 0.4) is 0 Å². The van der Waals surface area contributed by atoms with Crippen molar-refractivity contribution < 1.29 is 18.3 Å². The third-order valence-corrected chi connectivity index (χ3v) is 2.31. The summed E-state index contributed by atoms with van der Waals surface area (Å²) in [7, 11) is 1.43. The molecule has 1 aromatic rings. The van der Waals surface area contributed by atoms with Crippen molar-refractivity contribution in [3.63, 3.8) is 0 Å². The van der Waals surface area contributed by atoms with Crippen LogP contribution in [0, 0.1) is 0 Å². The number of carbonyl (C=O) groups is 1. The summed E-state index contributed by atoms with van der Waals surface area (Å²) in [5.74, 6) is -3.92. The molecule has 14 heavy (non-hydrogen) atoms. The zero-order valence-electron chi connectivity index (χ0n) is 7.51. The van der Waals surface area contributed by atoms with Crippen molar-refractivity contribution in [1.29, 1.82) is 0 Å². The quantitative estimate of drug-likeness (QED) is 0.690. The first-order chi connectivity index (χ1) is 6.54. The van der Waals surface area contributed by atoms with Crippen LogP contribution in [-0.2, 0) is 6.42 Å². The Morgan fingerprint density at radius 2 is 2.14 bits per heavy atom. The molecule has 4 heteroatoms. The second-order valence-corrected chi connectivity index (χ2v) is 3.23. The summed E-state index contributed by atoms with van der Waals surface area (Å²) in [5.41, 5.74) is 0.468. The number of hydrogen-bond donors (Lipinski definition) is 0. The molecule has 0 fully saturated rings. The predicted octanol–water partition coefficient (Wildman–Crippen LogP) is 2.07. The number of benzene rings is 1. The molecule has 0 atom stereocenters. The van der Waals surface area contributed by atoms with E-state index in [1.54, 1.807) is 6.07 Å². The first kappa shape index (κ1) is 9.12. The van der Waals surface area contributed by atoms with Gasteiger partial charge in [0.25, 0.3) is 0 Å². The maximum Gasteiger partial charge on any atom is 0.313 e. The first-order valence-electron chi connectivity index (χ1n) is 4.14. The number of hydrogen-bond acceptors (Lipinski definition) is 2. The van der Waals surface area contributed by atoms with Gasteiger partial charge in [-0.25, -0.2) is 0 Å². The molecule has 74 valence electrons. The molecular weight excluding hydrogens is 190 g/mol. The molecular formula is C10H8F2O2. The number of methoxy groups -OCH3 is 1. The van der Waals surface area contributed by atoms with Crippen molar-refractivity contribution in [2.75, 3.05) is 7.11 Å². The van der Waals surface area contributed by atoms with E-state index in [-0.39, 0.29) is 5.56 Å². The number of alkyl halides is 2. The molecule has 0 heterocycles. The van der Waals surface area contributed by atoms with E-state index in [1.807, 2.05) is 0 Å². The Kier molecular flexibility index (Phi) is 1.80. The van der Waals surface area contributed by atoms with Crippen molar-refractivity contribution >= 4 is 5.78 Å². The zero-order chi connectivity index (χ0) is 10.3. The van der Waals surface area contributed by atoms with Crippen LogP contribution in [0.4, 0.5) is 8.78 Å². The normalized spacial score (nSPS) is 18.1. The van der Waals surface area contributed by atoms with Gasteiger partial charge in [-0.05, 0) is 17.7 Å². The minimum atomic E-state index is -3.24. The van der Waals surface area contributed by atoms with Crippen molar-refractivity contribution in [3.05, 3.63) is 29.3 Å². The molecule has 1 aromatic carbocycles. The van der Waals surface area contributed by atoms with E-state index < -0.39 is 18.1 Å². The Labute approximate surface area is 79.5 Å². The molecule has 0 unspecified atom stereocenters. The van der Waals surface area contributed by atoms with Gasteiger partial charge in [-0.3, -0.25) is 4.79 Å². The molecule has 1 aliphatic rings. The van der Waals surface area contributed by atoms with Gasteiger partial charge in [-0.15, -0.1) is 0 Å². The lowest BCUT2D eigenvalue weighted by atomic mass is 10.1. The van der Waals surface area contributed by atoms with Crippen LogP contribution in [-0.4, -0.2) is 18.8 Å². The highest BCUT2D eigenvalue weighted by Crippen LogP contribution is 2.35. The highest BCUT2D eigenvalue weighted by atomic mass is 19.3. The number of fused-ring (bicyclic) bond motifs is 1. The average Bonchev–Trinajstić information content (AvgIpc) is 2.38. The Balaban J connectivity index is 2.51. The summed E-state index contributed by atoms with van der Waals surface area (Å²) in [4.78, 5) is 11.2. The lowest BCUT2D eigenvalue weighted by Crippen LogP contribution is -2.23. The zero-order valence-corrected chi connectivity index (χ0v) is 7.51. The van der Waals surface area contributed by atoms with Gasteiger partial charge in [-0.2, -0.15) is 8.78 Å². The van der Waals surface area contributed by atoms with Crippen molar-refractivity contribution in [2.24, 2.45) is 0 Å². The van der Waals surface area contributed by atoms with Crippen LogP contribution in [0.5, 0.6) is 5.75 Å². The van der Waals surface area contributed by atoms with Gasteiger partial charge in [0.05, 0.1) is 7.11 Å². The molecule has 0 saturated heterocycles. The summed E-state index contributed by atoms with van der Waals surface area (Å²) < 4.78 is 30.8. The van der Waals surface area contributed by atoms with Gasteiger partial charge in [0.2, 0.25) is 5.78 Å². The third kappa shape index (κ3) is 1.18. The van der Waals surface area contributed by atoms with E-state index in [4.69, 9.17) is 4.74 Å². The SMILES string of the molecule is COc1ccc2c(c1)C(=O)C(F)(F)C2. The highest BCUT2D eigenvalue weighted by Gasteiger charge is 2.46. The van der Waals surface area contributed by atoms with Gasteiger partial charge in [0, 0.05) is 12.0 Å². The highest BCUT2D eigenvalue weighted by molar-refractivity contribution is 6.06. The van der Waals surface area contributed by atoms with Crippen molar-refractivity contribution in [2.45, 2.75) is 12.3 Å². The molecule has 0 spiro atoms. The Morgan fingerprint density at radius 3 is 2.79 bits per heavy atom. The maximum absolute atomic E-state index is 13.0. The molecule has 0 bridgehead atoms. The van der Waals surface area contributed by atoms with Gasteiger partial charge in [-0.1, -0.05) is 6.07 Å². The topological polar surface area (TPSA) is 26.3 Å². The van der Waals surface area contributed by atoms with Crippen LogP contribution in [0.2, 0.25) is 0 Å². The van der Waals surface area contributed by atoms with E-state index in [9.17, 15) is 13.6 Å². The molecule has 2 rings (SSSR count). The fraction of sp³-hybridized carbons (Fsp3) is 0.300. The average molecular weight is 198 g/mol. The standard InChI is InChI=1S/C10H8F2O2/c1-14-7-3-2-6-5-10(11,12)9(13)8(6)4-7/h2-4H,5H2,1H3. The van der Waals surface area contributed by atoms with E-state index in [0.717, 1.165) is 0 Å². The lowest BCUT2D eigenvalue weighted by molar-refractivity contribution is 0.0168. The van der Waals surface area contributed by atoms with Crippen molar-refractivity contribution in [1.82, 2.24) is 0 Å². The third-order valence-electron chi connectivity index (χ3n) is 2.31. The second kappa shape index (κ2) is 2.77. The number of Topliss-reactive ketones (excluding diaryl/α,β-unsaturated/α-hetero) is 1. The molecule has 2 nitrogen and oxygen atoms in total. The largest absolute Gasteiger partial charge is 0.497 e. The second-order valence-electron chi connectivity index (χ2n) is 3.23. The van der Waals surface area contributed by atoms with E-state index in [0.29, 0.717) is 11.3 Å². The Bertz CT molecular complexity index is 399. The number of ether oxygens (including phenoxy) is 1. The van der Waals surface area contributed by atoms with Crippen LogP contribution >= 0.6 is 0 Å². The molecule has 0 aliphatic heterocycles. The summed E-state index contributed by atoms with van der Waals surface area (Å²) >= 11 is 0.